The highest BCUT2D eigenvalue weighted by Crippen LogP contribution is 2.23. The van der Waals surface area contributed by atoms with Gasteiger partial charge in [-0.15, -0.1) is 0 Å². The molecular formula is C24H29N3O4. The number of rotatable bonds is 8. The maximum Gasteiger partial charge on any atom is 0.349 e. The first kappa shape index (κ1) is 23.9. The number of nitrogens with one attached hydrogen (secondary N) is 1. The molecule has 1 heterocycles. The van der Waals surface area contributed by atoms with Gasteiger partial charge >= 0.3 is 5.97 Å². The van der Waals surface area contributed by atoms with Crippen LogP contribution in [0.25, 0.3) is 6.08 Å². The van der Waals surface area contributed by atoms with Gasteiger partial charge in [0, 0.05) is 24.2 Å². The summed E-state index contributed by atoms with van der Waals surface area (Å²) >= 11 is 0. The molecule has 1 amide bonds. The van der Waals surface area contributed by atoms with E-state index in [1.807, 2.05) is 52.0 Å². The van der Waals surface area contributed by atoms with E-state index < -0.39 is 18.0 Å². The average Bonchev–Trinajstić information content (AvgIpc) is 3.00. The number of methoxy groups -OCH3 is 1. The summed E-state index contributed by atoms with van der Waals surface area (Å²) in [4.78, 5) is 24.8. The van der Waals surface area contributed by atoms with Gasteiger partial charge in [0.1, 0.15) is 11.6 Å². The van der Waals surface area contributed by atoms with E-state index in [0.717, 1.165) is 22.5 Å². The van der Waals surface area contributed by atoms with E-state index in [9.17, 15) is 14.9 Å². The Morgan fingerprint density at radius 2 is 1.84 bits per heavy atom. The molecule has 0 radical (unpaired) electrons. The predicted molar refractivity (Wildman–Crippen MR) is 119 cm³/mol. The Labute approximate surface area is 183 Å². The molecule has 7 heteroatoms. The van der Waals surface area contributed by atoms with Crippen LogP contribution >= 0.6 is 0 Å². The number of hydrogen-bond donors (Lipinski definition) is 1. The molecule has 2 aromatic rings. The number of aryl methyl sites for hydroxylation is 2. The van der Waals surface area contributed by atoms with Gasteiger partial charge in [0.2, 0.25) is 0 Å². The molecule has 0 aliphatic rings. The monoisotopic (exact) mass is 423 g/mol. The molecule has 0 saturated carbocycles. The average molecular weight is 424 g/mol. The van der Waals surface area contributed by atoms with Crippen molar-refractivity contribution < 1.29 is 19.1 Å². The molecule has 0 bridgehead atoms. The molecule has 0 saturated heterocycles. The molecule has 164 valence electrons. The zero-order valence-electron chi connectivity index (χ0n) is 18.9. The van der Waals surface area contributed by atoms with Crippen molar-refractivity contribution in [2.24, 2.45) is 0 Å². The first-order valence-electron chi connectivity index (χ1n) is 10.1. The van der Waals surface area contributed by atoms with Crippen molar-refractivity contribution in [1.29, 1.82) is 5.26 Å². The molecule has 2 rings (SSSR count). The number of amides is 1. The Balaban J connectivity index is 2.13. The number of hydrogen-bond acceptors (Lipinski definition) is 5. The van der Waals surface area contributed by atoms with Crippen LogP contribution in [0, 0.1) is 32.1 Å². The Morgan fingerprint density at radius 1 is 1.19 bits per heavy atom. The van der Waals surface area contributed by atoms with Gasteiger partial charge in [-0.25, -0.2) is 4.79 Å². The quantitative estimate of drug-likeness (QED) is 0.392. The van der Waals surface area contributed by atoms with E-state index in [2.05, 4.69) is 9.88 Å². The molecule has 0 aliphatic carbocycles. The summed E-state index contributed by atoms with van der Waals surface area (Å²) in [6.45, 7) is 9.86. The summed E-state index contributed by atoms with van der Waals surface area (Å²) in [5.41, 5.74) is 4.14. The second-order valence-electron chi connectivity index (χ2n) is 7.57. The molecule has 0 fully saturated rings. The van der Waals surface area contributed by atoms with Gasteiger partial charge in [-0.1, -0.05) is 17.7 Å². The molecule has 0 aliphatic heterocycles. The zero-order chi connectivity index (χ0) is 23.1. The van der Waals surface area contributed by atoms with Crippen LogP contribution in [0.2, 0.25) is 0 Å². The molecule has 1 aromatic heterocycles. The molecule has 7 nitrogen and oxygen atoms in total. The highest BCUT2D eigenvalue weighted by atomic mass is 16.5. The maximum absolute atomic E-state index is 12.5. The summed E-state index contributed by atoms with van der Waals surface area (Å²) in [6.07, 6.45) is 0.436. The lowest BCUT2D eigenvalue weighted by Crippen LogP contribution is -2.30. The third-order valence-electron chi connectivity index (χ3n) is 4.98. The molecule has 31 heavy (non-hydrogen) atoms. The van der Waals surface area contributed by atoms with Gasteiger partial charge in [-0.05, 0) is 64.5 Å². The van der Waals surface area contributed by atoms with Crippen LogP contribution in [0.4, 0.5) is 5.69 Å². The third kappa shape index (κ3) is 6.06. The van der Waals surface area contributed by atoms with Crippen molar-refractivity contribution in [3.63, 3.8) is 0 Å². The standard InChI is InChI=1S/C24H29N3O4/c1-15-7-9-22(10-8-15)26-23(28)19(5)31-24(29)21(13-25)12-20-11-16(2)27(18(20)4)17(3)14-30-6/h7-12,17,19H,14H2,1-6H3,(H,26,28)/b21-12+/t17-,19-/m1/s1. The number of nitrogens with zero attached hydrogens (tertiary/aromatic N) is 2. The third-order valence-corrected chi connectivity index (χ3v) is 4.98. The zero-order valence-corrected chi connectivity index (χ0v) is 18.9. The molecule has 0 unspecified atom stereocenters. The second-order valence-corrected chi connectivity index (χ2v) is 7.57. The van der Waals surface area contributed by atoms with E-state index in [1.54, 1.807) is 19.2 Å². The van der Waals surface area contributed by atoms with Crippen LogP contribution in [0.5, 0.6) is 0 Å². The molecule has 1 aromatic carbocycles. The fraction of sp³-hybridized carbons (Fsp3) is 0.375. The van der Waals surface area contributed by atoms with Gasteiger partial charge in [0.05, 0.1) is 12.6 Å². The van der Waals surface area contributed by atoms with Crippen LogP contribution in [-0.2, 0) is 19.1 Å². The normalized spacial score (nSPS) is 13.3. The summed E-state index contributed by atoms with van der Waals surface area (Å²) in [6, 6.07) is 11.2. The highest BCUT2D eigenvalue weighted by molar-refractivity contribution is 6.01. The van der Waals surface area contributed by atoms with Crippen molar-refractivity contribution in [3.8, 4) is 6.07 Å². The summed E-state index contributed by atoms with van der Waals surface area (Å²) in [5.74, 6) is -1.31. The van der Waals surface area contributed by atoms with Crippen molar-refractivity contribution in [2.45, 2.75) is 46.8 Å². The molecule has 0 spiro atoms. The number of anilines is 1. The minimum Gasteiger partial charge on any atom is -0.448 e. The van der Waals surface area contributed by atoms with Crippen LogP contribution in [-0.4, -0.2) is 36.3 Å². The van der Waals surface area contributed by atoms with Crippen LogP contribution < -0.4 is 5.32 Å². The minimum absolute atomic E-state index is 0.107. The summed E-state index contributed by atoms with van der Waals surface area (Å²) < 4.78 is 12.5. The van der Waals surface area contributed by atoms with Gasteiger partial charge in [-0.3, -0.25) is 4.79 Å². The number of nitriles is 1. The van der Waals surface area contributed by atoms with E-state index >= 15 is 0 Å². The molecule has 2 atom stereocenters. The van der Waals surface area contributed by atoms with Crippen LogP contribution in [0.3, 0.4) is 0 Å². The van der Waals surface area contributed by atoms with Gasteiger partial charge in [0.15, 0.2) is 6.10 Å². The number of aromatic nitrogens is 1. The lowest BCUT2D eigenvalue weighted by atomic mass is 10.1. The minimum atomic E-state index is -1.06. The topological polar surface area (TPSA) is 93.3 Å². The number of carbonyl (C=O) groups is 2. The Morgan fingerprint density at radius 3 is 2.42 bits per heavy atom. The van der Waals surface area contributed by atoms with Crippen molar-refractivity contribution >= 4 is 23.6 Å². The Bertz CT molecular complexity index is 1010. The molecule has 1 N–H and O–H groups in total. The van der Waals surface area contributed by atoms with Gasteiger partial charge in [0.25, 0.3) is 5.91 Å². The van der Waals surface area contributed by atoms with Crippen molar-refractivity contribution in [1.82, 2.24) is 4.57 Å². The van der Waals surface area contributed by atoms with Crippen molar-refractivity contribution in [2.75, 3.05) is 19.0 Å². The summed E-state index contributed by atoms with van der Waals surface area (Å²) in [5, 5.41) is 12.2. The van der Waals surface area contributed by atoms with E-state index in [-0.39, 0.29) is 11.6 Å². The fourth-order valence-corrected chi connectivity index (χ4v) is 3.39. The largest absolute Gasteiger partial charge is 0.448 e. The number of benzene rings is 1. The second kappa shape index (κ2) is 10.6. The predicted octanol–water partition coefficient (Wildman–Crippen LogP) is 4.10. The fourth-order valence-electron chi connectivity index (χ4n) is 3.39. The van der Waals surface area contributed by atoms with Gasteiger partial charge in [-0.2, -0.15) is 5.26 Å². The number of esters is 1. The highest BCUT2D eigenvalue weighted by Gasteiger charge is 2.22. The van der Waals surface area contributed by atoms with E-state index in [1.165, 1.54) is 13.0 Å². The van der Waals surface area contributed by atoms with Crippen molar-refractivity contribution in [3.05, 3.63) is 58.4 Å². The number of ether oxygens (including phenoxy) is 2. The first-order chi connectivity index (χ1) is 14.7. The van der Waals surface area contributed by atoms with Crippen LogP contribution in [0.15, 0.2) is 35.9 Å². The SMILES string of the molecule is COC[C@@H](C)n1c(C)cc(/C=C(\C#N)C(=O)O[C@H](C)C(=O)Nc2ccc(C)cc2)c1C. The lowest BCUT2D eigenvalue weighted by molar-refractivity contribution is -0.148. The Kier molecular flexibility index (Phi) is 8.17. The smallest absolute Gasteiger partial charge is 0.349 e. The first-order valence-corrected chi connectivity index (χ1v) is 10.1. The molecular weight excluding hydrogens is 394 g/mol. The maximum atomic E-state index is 12.5. The van der Waals surface area contributed by atoms with E-state index in [0.29, 0.717) is 12.3 Å². The summed E-state index contributed by atoms with van der Waals surface area (Å²) in [7, 11) is 1.64. The number of carbonyl (C=O) groups excluding carboxylic acids is 2. The van der Waals surface area contributed by atoms with E-state index in [4.69, 9.17) is 9.47 Å². The van der Waals surface area contributed by atoms with Crippen LogP contribution in [0.1, 0.15) is 42.4 Å². The lowest BCUT2D eigenvalue weighted by Gasteiger charge is -2.17. The van der Waals surface area contributed by atoms with Gasteiger partial charge < -0.3 is 19.4 Å². The Hall–Kier alpha value is -3.37.